The Labute approximate surface area is 231 Å². The molecule has 0 saturated carbocycles. The van der Waals surface area contributed by atoms with Gasteiger partial charge in [-0.25, -0.2) is 8.42 Å². The summed E-state index contributed by atoms with van der Waals surface area (Å²) in [6.45, 7) is 11.5. The zero-order chi connectivity index (χ0) is 27.7. The number of piperazine rings is 2. The van der Waals surface area contributed by atoms with Gasteiger partial charge in [0.2, 0.25) is 15.9 Å². The normalized spacial score (nSPS) is 19.4. The van der Waals surface area contributed by atoms with Crippen LogP contribution >= 0.6 is 0 Å². The Morgan fingerprint density at radius 3 is 2.33 bits per heavy atom. The Morgan fingerprint density at radius 1 is 0.949 bits per heavy atom. The van der Waals surface area contributed by atoms with Gasteiger partial charge in [0.15, 0.2) is 5.76 Å². The number of anilines is 1. The molecule has 0 N–H and O–H groups in total. The molecule has 0 aliphatic carbocycles. The SMILES string of the molecule is Cc1ccc(C)c(N2CCN(C(=O)C3CN(S(=O)(=O)c4c(C)noc4C)CCN3Cc3ccccc3)CC2)c1. The van der Waals surface area contributed by atoms with Gasteiger partial charge in [0, 0.05) is 58.0 Å². The van der Waals surface area contributed by atoms with E-state index in [1.54, 1.807) is 13.8 Å². The molecule has 2 aromatic carbocycles. The highest BCUT2D eigenvalue weighted by Crippen LogP contribution is 2.28. The van der Waals surface area contributed by atoms with Gasteiger partial charge >= 0.3 is 0 Å². The summed E-state index contributed by atoms with van der Waals surface area (Å²) in [6.07, 6.45) is 0. The van der Waals surface area contributed by atoms with Gasteiger partial charge in [0.1, 0.15) is 16.6 Å². The quantitative estimate of drug-likeness (QED) is 0.465. The number of sulfonamides is 1. The Kier molecular flexibility index (Phi) is 7.80. The van der Waals surface area contributed by atoms with Crippen LogP contribution in [-0.2, 0) is 21.4 Å². The van der Waals surface area contributed by atoms with Crippen molar-refractivity contribution in [2.24, 2.45) is 0 Å². The maximum atomic E-state index is 14.0. The molecule has 39 heavy (non-hydrogen) atoms. The molecule has 2 aliphatic rings. The summed E-state index contributed by atoms with van der Waals surface area (Å²) in [5.41, 5.74) is 5.08. The van der Waals surface area contributed by atoms with Gasteiger partial charge in [-0.15, -0.1) is 0 Å². The second-order valence-electron chi connectivity index (χ2n) is 10.6. The second kappa shape index (κ2) is 11.1. The number of benzene rings is 2. The average molecular weight is 552 g/mol. The summed E-state index contributed by atoms with van der Waals surface area (Å²) in [5.74, 6) is 0.245. The standard InChI is InChI=1S/C29H37N5O4S/c1-21-10-11-22(2)26(18-21)31-12-14-32(15-13-31)29(35)27-20-34(39(36,37)28-23(3)30-38-24(28)4)17-16-33(27)19-25-8-6-5-7-9-25/h5-11,18,27H,12-17,19-20H2,1-4H3. The predicted molar refractivity (Wildman–Crippen MR) is 150 cm³/mol. The molecule has 1 unspecified atom stereocenters. The lowest BCUT2D eigenvalue weighted by atomic mass is 10.1. The summed E-state index contributed by atoms with van der Waals surface area (Å²) in [7, 11) is -3.86. The Bertz CT molecular complexity index is 1410. The van der Waals surface area contributed by atoms with Crippen molar-refractivity contribution in [3.63, 3.8) is 0 Å². The van der Waals surface area contributed by atoms with Gasteiger partial charge in [0.05, 0.1) is 0 Å². The van der Waals surface area contributed by atoms with Crippen LogP contribution in [0.1, 0.15) is 28.1 Å². The molecular formula is C29H37N5O4S. The average Bonchev–Trinajstić information content (AvgIpc) is 3.28. The number of aryl methyl sites for hydroxylation is 4. The minimum atomic E-state index is -3.86. The van der Waals surface area contributed by atoms with Crippen LogP contribution in [0.15, 0.2) is 57.9 Å². The molecule has 1 amide bonds. The summed E-state index contributed by atoms with van der Waals surface area (Å²) in [5, 5.41) is 3.85. The molecule has 1 aromatic heterocycles. The molecule has 3 aromatic rings. The van der Waals surface area contributed by atoms with E-state index in [-0.39, 0.29) is 23.1 Å². The van der Waals surface area contributed by atoms with E-state index in [0.29, 0.717) is 38.4 Å². The van der Waals surface area contributed by atoms with Gasteiger partial charge in [-0.05, 0) is 50.5 Å². The maximum Gasteiger partial charge on any atom is 0.248 e. The molecule has 2 saturated heterocycles. The third-order valence-corrected chi connectivity index (χ3v) is 9.94. The fourth-order valence-electron chi connectivity index (χ4n) is 5.67. The molecule has 2 fully saturated rings. The van der Waals surface area contributed by atoms with Crippen LogP contribution < -0.4 is 4.90 Å². The first-order valence-electron chi connectivity index (χ1n) is 13.5. The minimum absolute atomic E-state index is 0.0230. The molecule has 3 heterocycles. The first-order chi connectivity index (χ1) is 18.6. The van der Waals surface area contributed by atoms with Crippen LogP contribution in [0.4, 0.5) is 5.69 Å². The lowest BCUT2D eigenvalue weighted by molar-refractivity contribution is -0.139. The van der Waals surface area contributed by atoms with Crippen LogP contribution in [0, 0.1) is 27.7 Å². The van der Waals surface area contributed by atoms with E-state index in [1.165, 1.54) is 21.1 Å². The topological polar surface area (TPSA) is 90.2 Å². The van der Waals surface area contributed by atoms with E-state index in [1.807, 2.05) is 35.2 Å². The number of carbonyl (C=O) groups is 1. The van der Waals surface area contributed by atoms with Crippen molar-refractivity contribution in [2.45, 2.75) is 45.2 Å². The fraction of sp³-hybridized carbons (Fsp3) is 0.448. The molecule has 9 nitrogen and oxygen atoms in total. The summed E-state index contributed by atoms with van der Waals surface area (Å²) in [4.78, 5) is 20.5. The molecule has 5 rings (SSSR count). The first-order valence-corrected chi connectivity index (χ1v) is 14.9. The molecule has 0 bridgehead atoms. The van der Waals surface area contributed by atoms with Crippen LogP contribution in [0.25, 0.3) is 0 Å². The summed E-state index contributed by atoms with van der Waals surface area (Å²) >= 11 is 0. The molecule has 10 heteroatoms. The van der Waals surface area contributed by atoms with Crippen LogP contribution in [-0.4, -0.2) is 85.4 Å². The Morgan fingerprint density at radius 2 is 1.67 bits per heavy atom. The highest BCUT2D eigenvalue weighted by molar-refractivity contribution is 7.89. The predicted octanol–water partition coefficient (Wildman–Crippen LogP) is 3.13. The molecule has 1 atom stereocenters. The Hall–Kier alpha value is -3.21. The second-order valence-corrected chi connectivity index (χ2v) is 12.5. The number of hydrogen-bond acceptors (Lipinski definition) is 7. The van der Waals surface area contributed by atoms with E-state index < -0.39 is 16.1 Å². The summed E-state index contributed by atoms with van der Waals surface area (Å²) < 4.78 is 33.9. The van der Waals surface area contributed by atoms with Crippen LogP contribution in [0.2, 0.25) is 0 Å². The largest absolute Gasteiger partial charge is 0.368 e. The van der Waals surface area contributed by atoms with Crippen LogP contribution in [0.5, 0.6) is 0 Å². The van der Waals surface area contributed by atoms with E-state index in [2.05, 4.69) is 47.0 Å². The summed E-state index contributed by atoms with van der Waals surface area (Å²) in [6, 6.07) is 15.9. The molecule has 0 radical (unpaired) electrons. The minimum Gasteiger partial charge on any atom is -0.368 e. The number of carbonyl (C=O) groups excluding carboxylic acids is 1. The number of aromatic nitrogens is 1. The first kappa shape index (κ1) is 27.4. The van der Waals surface area contributed by atoms with Crippen molar-refractivity contribution in [3.05, 3.63) is 76.7 Å². The lowest BCUT2D eigenvalue weighted by Gasteiger charge is -2.44. The smallest absolute Gasteiger partial charge is 0.248 e. The molecular weight excluding hydrogens is 514 g/mol. The zero-order valence-electron chi connectivity index (χ0n) is 23.1. The number of amides is 1. The fourth-order valence-corrected chi connectivity index (χ4v) is 7.39. The maximum absolute atomic E-state index is 14.0. The Balaban J connectivity index is 1.36. The van der Waals surface area contributed by atoms with E-state index in [4.69, 9.17) is 4.52 Å². The van der Waals surface area contributed by atoms with Crippen LogP contribution in [0.3, 0.4) is 0 Å². The number of hydrogen-bond donors (Lipinski definition) is 0. The van der Waals surface area contributed by atoms with Gasteiger partial charge < -0.3 is 14.3 Å². The van der Waals surface area contributed by atoms with Crippen molar-refractivity contribution in [1.29, 1.82) is 0 Å². The lowest BCUT2D eigenvalue weighted by Crippen LogP contribution is -2.62. The van der Waals surface area contributed by atoms with Gasteiger partial charge in [-0.2, -0.15) is 4.31 Å². The van der Waals surface area contributed by atoms with Gasteiger partial charge in [-0.1, -0.05) is 47.6 Å². The van der Waals surface area contributed by atoms with E-state index in [9.17, 15) is 13.2 Å². The van der Waals surface area contributed by atoms with Crippen molar-refractivity contribution >= 4 is 21.6 Å². The molecule has 2 aliphatic heterocycles. The molecule has 208 valence electrons. The highest BCUT2D eigenvalue weighted by Gasteiger charge is 2.41. The monoisotopic (exact) mass is 551 g/mol. The van der Waals surface area contributed by atoms with Crippen molar-refractivity contribution < 1.29 is 17.7 Å². The van der Waals surface area contributed by atoms with E-state index in [0.717, 1.165) is 18.7 Å². The van der Waals surface area contributed by atoms with Gasteiger partial charge in [0.25, 0.3) is 0 Å². The molecule has 0 spiro atoms. The zero-order valence-corrected chi connectivity index (χ0v) is 23.9. The van der Waals surface area contributed by atoms with Crippen molar-refractivity contribution in [3.8, 4) is 0 Å². The highest BCUT2D eigenvalue weighted by atomic mass is 32.2. The van der Waals surface area contributed by atoms with Gasteiger partial charge in [-0.3, -0.25) is 9.69 Å². The van der Waals surface area contributed by atoms with Crippen molar-refractivity contribution in [2.75, 3.05) is 50.7 Å². The third kappa shape index (κ3) is 5.59. The number of nitrogens with zero attached hydrogens (tertiary/aromatic N) is 5. The number of rotatable bonds is 6. The third-order valence-electron chi connectivity index (χ3n) is 7.83. The van der Waals surface area contributed by atoms with Crippen molar-refractivity contribution in [1.82, 2.24) is 19.3 Å². The van der Waals surface area contributed by atoms with E-state index >= 15 is 0 Å².